The highest BCUT2D eigenvalue weighted by Crippen LogP contribution is 2.19. The van der Waals surface area contributed by atoms with Crippen LogP contribution in [-0.2, 0) is 28.6 Å². The first kappa shape index (κ1) is 67.4. The van der Waals surface area contributed by atoms with Crippen LogP contribution in [0.15, 0.2) is 0 Å². The third-order valence-electron chi connectivity index (χ3n) is 14.5. The van der Waals surface area contributed by atoms with Crippen molar-refractivity contribution in [1.29, 1.82) is 0 Å². The molecular formula is C63H122O6. The summed E-state index contributed by atoms with van der Waals surface area (Å²) in [5.41, 5.74) is 0. The molecule has 0 aliphatic rings. The number of hydrogen-bond acceptors (Lipinski definition) is 6. The maximum atomic E-state index is 12.9. The lowest BCUT2D eigenvalue weighted by Gasteiger charge is -2.18. The van der Waals surface area contributed by atoms with Crippen LogP contribution in [0.2, 0.25) is 0 Å². The zero-order chi connectivity index (χ0) is 50.4. The van der Waals surface area contributed by atoms with Gasteiger partial charge in [-0.2, -0.15) is 0 Å². The maximum absolute atomic E-state index is 12.9. The monoisotopic (exact) mass is 975 g/mol. The third kappa shape index (κ3) is 57.2. The third-order valence-corrected chi connectivity index (χ3v) is 14.5. The second-order valence-electron chi connectivity index (χ2n) is 22.6. The number of ether oxygens (including phenoxy) is 3. The fourth-order valence-corrected chi connectivity index (χ4v) is 9.76. The van der Waals surface area contributed by atoms with E-state index >= 15 is 0 Å². The van der Waals surface area contributed by atoms with Crippen molar-refractivity contribution in [2.24, 2.45) is 11.8 Å². The van der Waals surface area contributed by atoms with Crippen LogP contribution < -0.4 is 0 Å². The van der Waals surface area contributed by atoms with Crippen LogP contribution in [0.1, 0.15) is 356 Å². The molecule has 0 bridgehead atoms. The van der Waals surface area contributed by atoms with Gasteiger partial charge in [-0.3, -0.25) is 14.4 Å². The summed E-state index contributed by atoms with van der Waals surface area (Å²) in [4.78, 5) is 38.2. The highest BCUT2D eigenvalue weighted by molar-refractivity contribution is 5.71. The van der Waals surface area contributed by atoms with E-state index in [1.165, 1.54) is 244 Å². The van der Waals surface area contributed by atoms with E-state index in [1.807, 2.05) is 0 Å². The van der Waals surface area contributed by atoms with Crippen LogP contribution in [-0.4, -0.2) is 37.2 Å². The van der Waals surface area contributed by atoms with Crippen molar-refractivity contribution in [3.8, 4) is 0 Å². The Kier molecular flexibility index (Phi) is 54.4. The molecule has 0 rings (SSSR count). The van der Waals surface area contributed by atoms with Gasteiger partial charge in [-0.25, -0.2) is 0 Å². The average Bonchev–Trinajstić information content (AvgIpc) is 3.32. The Hall–Kier alpha value is -1.59. The molecule has 0 spiro atoms. The highest BCUT2D eigenvalue weighted by Gasteiger charge is 2.19. The quantitative estimate of drug-likeness (QED) is 0.0343. The van der Waals surface area contributed by atoms with Gasteiger partial charge < -0.3 is 14.2 Å². The van der Waals surface area contributed by atoms with Gasteiger partial charge in [-0.1, -0.05) is 317 Å². The summed E-state index contributed by atoms with van der Waals surface area (Å²) >= 11 is 0. The first-order valence-electron chi connectivity index (χ1n) is 31.2. The van der Waals surface area contributed by atoms with Gasteiger partial charge in [0.1, 0.15) is 13.2 Å². The molecular weight excluding hydrogens is 853 g/mol. The SMILES string of the molecule is CCCCCCCCCCCCCCCCCCCC(=O)O[C@@H](COC(=O)CCCCCCCCCCCCCCCCCCCCC(C)C)COC(=O)CCCCCCCCCCCCC(C)C. The van der Waals surface area contributed by atoms with Crippen molar-refractivity contribution in [3.63, 3.8) is 0 Å². The zero-order valence-electron chi connectivity index (χ0n) is 47.5. The molecule has 0 N–H and O–H groups in total. The van der Waals surface area contributed by atoms with Gasteiger partial charge in [-0.05, 0) is 31.1 Å². The number of carbonyl (C=O) groups is 3. The molecule has 6 heteroatoms. The topological polar surface area (TPSA) is 78.9 Å². The molecule has 0 aliphatic carbocycles. The molecule has 0 aromatic rings. The van der Waals surface area contributed by atoms with E-state index in [0.29, 0.717) is 19.3 Å². The summed E-state index contributed by atoms with van der Waals surface area (Å²) in [5.74, 6) is 0.843. The van der Waals surface area contributed by atoms with Crippen LogP contribution >= 0.6 is 0 Å². The predicted molar refractivity (Wildman–Crippen MR) is 298 cm³/mol. The van der Waals surface area contributed by atoms with E-state index in [2.05, 4.69) is 34.6 Å². The minimum Gasteiger partial charge on any atom is -0.462 e. The summed E-state index contributed by atoms with van der Waals surface area (Å²) in [6.45, 7) is 11.4. The Balaban J connectivity index is 4.25. The molecule has 0 heterocycles. The predicted octanol–water partition coefficient (Wildman–Crippen LogP) is 20.8. The average molecular weight is 976 g/mol. The Morgan fingerprint density at radius 2 is 0.478 bits per heavy atom. The Morgan fingerprint density at radius 1 is 0.275 bits per heavy atom. The van der Waals surface area contributed by atoms with Gasteiger partial charge >= 0.3 is 17.9 Å². The fraction of sp³-hybridized carbons (Fsp3) is 0.952. The first-order valence-corrected chi connectivity index (χ1v) is 31.2. The maximum Gasteiger partial charge on any atom is 0.306 e. The Labute approximate surface area is 431 Å². The van der Waals surface area contributed by atoms with Crippen molar-refractivity contribution in [3.05, 3.63) is 0 Å². The Morgan fingerprint density at radius 3 is 0.710 bits per heavy atom. The van der Waals surface area contributed by atoms with E-state index in [9.17, 15) is 14.4 Å². The lowest BCUT2D eigenvalue weighted by molar-refractivity contribution is -0.167. The molecule has 69 heavy (non-hydrogen) atoms. The minimum atomic E-state index is -0.763. The minimum absolute atomic E-state index is 0.0622. The molecule has 0 saturated heterocycles. The summed E-state index contributed by atoms with van der Waals surface area (Å²) in [7, 11) is 0. The fourth-order valence-electron chi connectivity index (χ4n) is 9.76. The zero-order valence-corrected chi connectivity index (χ0v) is 47.5. The summed E-state index contributed by atoms with van der Waals surface area (Å²) in [6, 6.07) is 0. The summed E-state index contributed by atoms with van der Waals surface area (Å²) < 4.78 is 16.9. The van der Waals surface area contributed by atoms with Crippen LogP contribution in [0.3, 0.4) is 0 Å². The van der Waals surface area contributed by atoms with Crippen molar-refractivity contribution in [1.82, 2.24) is 0 Å². The number of esters is 3. The van der Waals surface area contributed by atoms with Crippen molar-refractivity contribution in [2.45, 2.75) is 362 Å². The van der Waals surface area contributed by atoms with Gasteiger partial charge in [0.2, 0.25) is 0 Å². The van der Waals surface area contributed by atoms with Gasteiger partial charge in [0.05, 0.1) is 0 Å². The molecule has 0 fully saturated rings. The van der Waals surface area contributed by atoms with E-state index < -0.39 is 6.10 Å². The van der Waals surface area contributed by atoms with Gasteiger partial charge in [0.15, 0.2) is 6.10 Å². The number of rotatable bonds is 57. The van der Waals surface area contributed by atoms with E-state index in [0.717, 1.165) is 69.6 Å². The van der Waals surface area contributed by atoms with E-state index in [-0.39, 0.29) is 31.1 Å². The van der Waals surface area contributed by atoms with E-state index in [4.69, 9.17) is 14.2 Å². The summed E-state index contributed by atoms with van der Waals surface area (Å²) in [6.07, 6.45) is 61.1. The summed E-state index contributed by atoms with van der Waals surface area (Å²) in [5, 5.41) is 0. The highest BCUT2D eigenvalue weighted by atomic mass is 16.6. The largest absolute Gasteiger partial charge is 0.462 e. The lowest BCUT2D eigenvalue weighted by Crippen LogP contribution is -2.30. The molecule has 410 valence electrons. The first-order chi connectivity index (χ1) is 33.7. The molecule has 0 aliphatic heterocycles. The molecule has 0 saturated carbocycles. The van der Waals surface area contributed by atoms with Crippen LogP contribution in [0, 0.1) is 11.8 Å². The van der Waals surface area contributed by atoms with Crippen LogP contribution in [0.25, 0.3) is 0 Å². The second-order valence-corrected chi connectivity index (χ2v) is 22.6. The van der Waals surface area contributed by atoms with Crippen LogP contribution in [0.5, 0.6) is 0 Å². The van der Waals surface area contributed by atoms with Crippen molar-refractivity contribution < 1.29 is 28.6 Å². The molecule has 6 nitrogen and oxygen atoms in total. The van der Waals surface area contributed by atoms with Gasteiger partial charge in [0.25, 0.3) is 0 Å². The van der Waals surface area contributed by atoms with Gasteiger partial charge in [0, 0.05) is 19.3 Å². The molecule has 0 aromatic heterocycles. The van der Waals surface area contributed by atoms with Crippen LogP contribution in [0.4, 0.5) is 0 Å². The molecule has 1 atom stereocenters. The number of carbonyl (C=O) groups excluding carboxylic acids is 3. The van der Waals surface area contributed by atoms with Gasteiger partial charge in [-0.15, -0.1) is 0 Å². The molecule has 0 aromatic carbocycles. The Bertz CT molecular complexity index is 1060. The smallest absolute Gasteiger partial charge is 0.306 e. The molecule has 0 amide bonds. The van der Waals surface area contributed by atoms with Crippen molar-refractivity contribution in [2.75, 3.05) is 13.2 Å². The molecule has 0 radical (unpaired) electrons. The van der Waals surface area contributed by atoms with E-state index in [1.54, 1.807) is 0 Å². The lowest BCUT2D eigenvalue weighted by atomic mass is 10.0. The molecule has 0 unspecified atom stereocenters. The number of unbranched alkanes of at least 4 members (excludes halogenated alkanes) is 42. The van der Waals surface area contributed by atoms with Crippen molar-refractivity contribution >= 4 is 17.9 Å². The normalized spacial score (nSPS) is 12.0. The second kappa shape index (κ2) is 55.7. The number of hydrogen-bond donors (Lipinski definition) is 0. The standard InChI is InChI=1S/C63H122O6/c1-6-7-8-9-10-11-12-13-14-17-22-25-28-35-40-45-50-55-63(66)69-60(57-68-62(65)54-49-44-39-34-30-29-32-37-42-47-52-59(4)5)56-67-61(64)53-48-43-38-33-27-24-21-19-16-15-18-20-23-26-31-36-41-46-51-58(2)3/h58-60H,6-57H2,1-5H3/t60-/m0/s1.